The van der Waals surface area contributed by atoms with E-state index >= 15 is 0 Å². The highest BCUT2D eigenvalue weighted by Gasteiger charge is 2.20. The molecule has 1 heterocycles. The Morgan fingerprint density at radius 2 is 1.31 bits per heavy atom. The smallest absolute Gasteiger partial charge is 0.497 e. The number of benzene rings is 2. The van der Waals surface area contributed by atoms with Gasteiger partial charge in [0.05, 0.1) is 20.3 Å². The molecule has 0 bridgehead atoms. The molecule has 0 atom stereocenters. The third-order valence-electron chi connectivity index (χ3n) is 3.81. The Hall–Kier alpha value is -3.23. The molecule has 4 nitrogen and oxygen atoms in total. The quantitative estimate of drug-likeness (QED) is 0.328. The van der Waals surface area contributed by atoms with E-state index in [0.29, 0.717) is 0 Å². The zero-order valence-corrected chi connectivity index (χ0v) is 16.1. The molecule has 0 spiro atoms. The van der Waals surface area contributed by atoms with Gasteiger partial charge in [0.2, 0.25) is 5.76 Å². The summed E-state index contributed by atoms with van der Waals surface area (Å²) < 4.78 is 56.9. The van der Waals surface area contributed by atoms with E-state index in [1.165, 1.54) is 0 Å². The van der Waals surface area contributed by atoms with Crippen LogP contribution in [0.5, 0.6) is 11.5 Å². The molecule has 1 aromatic heterocycles. The molecule has 0 aliphatic heterocycles. The molecule has 3 aromatic rings. The number of ether oxygens (including phenoxy) is 2. The first-order chi connectivity index (χ1) is 13.7. The van der Waals surface area contributed by atoms with Crippen molar-refractivity contribution < 1.29 is 36.0 Å². The van der Waals surface area contributed by atoms with Crippen LogP contribution in [0.1, 0.15) is 11.3 Å². The second kappa shape index (κ2) is 9.81. The van der Waals surface area contributed by atoms with Crippen molar-refractivity contribution in [1.29, 1.82) is 0 Å². The van der Waals surface area contributed by atoms with Gasteiger partial charge in [-0.3, -0.25) is 0 Å². The lowest BCUT2D eigenvalue weighted by Gasteiger charge is -1.98. The number of aromatic nitrogens is 1. The summed E-state index contributed by atoms with van der Waals surface area (Å²) >= 11 is 0. The Balaban J connectivity index is 0.000000537. The fourth-order valence-corrected chi connectivity index (χ4v) is 2.39. The summed E-state index contributed by atoms with van der Waals surface area (Å²) in [6.07, 6.45) is 4.07. The average Bonchev–Trinajstić information content (AvgIpc) is 3.06. The number of aryl methyl sites for hydroxylation is 1. The summed E-state index contributed by atoms with van der Waals surface area (Å²) in [6.45, 7) is 0. The Morgan fingerprint density at radius 3 is 1.79 bits per heavy atom. The van der Waals surface area contributed by atoms with E-state index in [1.807, 2.05) is 73.8 Å². The second-order valence-electron chi connectivity index (χ2n) is 5.85. The lowest BCUT2D eigenvalue weighted by atomic mass is 10.1. The van der Waals surface area contributed by atoms with Crippen LogP contribution < -0.4 is 14.2 Å². The molecular formula is C20H20BF4NO3. The van der Waals surface area contributed by atoms with Gasteiger partial charge in [-0.1, -0.05) is 12.1 Å². The molecule has 0 unspecified atom stereocenters. The molecule has 9 heteroatoms. The molecule has 0 radical (unpaired) electrons. The third kappa shape index (κ3) is 7.36. The van der Waals surface area contributed by atoms with Crippen molar-refractivity contribution in [1.82, 2.24) is 0 Å². The van der Waals surface area contributed by atoms with Crippen molar-refractivity contribution in [2.75, 3.05) is 14.2 Å². The van der Waals surface area contributed by atoms with Crippen LogP contribution in [0.25, 0.3) is 23.5 Å². The first kappa shape index (κ1) is 22.1. The number of hydrogen-bond donors (Lipinski definition) is 0. The first-order valence-electron chi connectivity index (χ1n) is 8.54. The van der Waals surface area contributed by atoms with Gasteiger partial charge >= 0.3 is 7.25 Å². The van der Waals surface area contributed by atoms with E-state index < -0.39 is 7.25 Å². The highest BCUT2D eigenvalue weighted by Crippen LogP contribution is 2.23. The normalized spacial score (nSPS) is 11.1. The molecule has 0 fully saturated rings. The second-order valence-corrected chi connectivity index (χ2v) is 5.85. The maximum atomic E-state index is 9.75. The molecule has 0 amide bonds. The zero-order valence-electron chi connectivity index (χ0n) is 16.1. The van der Waals surface area contributed by atoms with Crippen LogP contribution in [-0.4, -0.2) is 21.5 Å². The van der Waals surface area contributed by atoms with Gasteiger partial charge in [-0.25, -0.2) is 4.52 Å². The molecule has 0 N–H and O–H groups in total. The minimum atomic E-state index is -6.00. The summed E-state index contributed by atoms with van der Waals surface area (Å²) in [4.78, 5) is 0. The summed E-state index contributed by atoms with van der Waals surface area (Å²) in [7, 11) is -0.790. The standard InChI is InChI=1S/C20H20NO3.BF4/c1-21-17(9-4-15-5-10-18(22-2)11-6-15)14-20(24-21)16-7-12-19(23-3)13-8-16;2-1(3,4)5/h4-14H,1-3H3;/q+1;-1/b9-4+;. The van der Waals surface area contributed by atoms with Crippen LogP contribution in [-0.2, 0) is 7.05 Å². The van der Waals surface area contributed by atoms with Gasteiger partial charge in [0.15, 0.2) is 7.05 Å². The lowest BCUT2D eigenvalue weighted by molar-refractivity contribution is -0.844. The topological polar surface area (TPSA) is 35.5 Å². The Morgan fingerprint density at radius 1 is 0.828 bits per heavy atom. The third-order valence-corrected chi connectivity index (χ3v) is 3.81. The maximum absolute atomic E-state index is 9.75. The van der Waals surface area contributed by atoms with Gasteiger partial charge in [0.25, 0.3) is 5.69 Å². The largest absolute Gasteiger partial charge is 0.673 e. The predicted octanol–water partition coefficient (Wildman–Crippen LogP) is 5.26. The summed E-state index contributed by atoms with van der Waals surface area (Å²) in [5.74, 6) is 2.49. The molecule has 2 aromatic carbocycles. The van der Waals surface area contributed by atoms with Crippen LogP contribution >= 0.6 is 0 Å². The highest BCUT2D eigenvalue weighted by molar-refractivity contribution is 6.50. The molecule has 0 saturated heterocycles. The highest BCUT2D eigenvalue weighted by atomic mass is 19.5. The van der Waals surface area contributed by atoms with Gasteiger partial charge in [-0.15, -0.1) is 0 Å². The van der Waals surface area contributed by atoms with Crippen LogP contribution in [0.2, 0.25) is 0 Å². The van der Waals surface area contributed by atoms with Crippen molar-refractivity contribution >= 4 is 19.4 Å². The van der Waals surface area contributed by atoms with Crippen molar-refractivity contribution in [3.63, 3.8) is 0 Å². The first-order valence-corrected chi connectivity index (χ1v) is 8.54. The Kier molecular flexibility index (Phi) is 7.47. The van der Waals surface area contributed by atoms with E-state index in [9.17, 15) is 17.3 Å². The average molecular weight is 409 g/mol. The molecule has 154 valence electrons. The molecule has 3 rings (SSSR count). The van der Waals surface area contributed by atoms with Gasteiger partial charge in [-0.2, -0.15) is 0 Å². The fraction of sp³-hybridized carbons (Fsp3) is 0.150. The Bertz CT molecular complexity index is 930. The number of nitrogens with zero attached hydrogens (tertiary/aromatic N) is 1. The van der Waals surface area contributed by atoms with Crippen molar-refractivity contribution in [3.8, 4) is 22.8 Å². The van der Waals surface area contributed by atoms with Crippen molar-refractivity contribution in [3.05, 3.63) is 65.9 Å². The monoisotopic (exact) mass is 409 g/mol. The van der Waals surface area contributed by atoms with Crippen LogP contribution in [0.3, 0.4) is 0 Å². The molecular weight excluding hydrogens is 389 g/mol. The van der Waals surface area contributed by atoms with E-state index in [-0.39, 0.29) is 0 Å². The van der Waals surface area contributed by atoms with E-state index in [4.69, 9.17) is 14.0 Å². The molecule has 29 heavy (non-hydrogen) atoms. The summed E-state index contributed by atoms with van der Waals surface area (Å²) in [5.41, 5.74) is 3.09. The van der Waals surface area contributed by atoms with E-state index in [0.717, 1.165) is 34.1 Å². The molecule has 0 aliphatic rings. The number of rotatable bonds is 5. The number of methoxy groups -OCH3 is 2. The van der Waals surface area contributed by atoms with Gasteiger partial charge in [-0.05, 0) is 52.8 Å². The van der Waals surface area contributed by atoms with Crippen molar-refractivity contribution in [2.45, 2.75) is 0 Å². The summed E-state index contributed by atoms with van der Waals surface area (Å²) in [6, 6.07) is 17.7. The van der Waals surface area contributed by atoms with Crippen molar-refractivity contribution in [2.24, 2.45) is 7.05 Å². The zero-order chi connectivity index (χ0) is 21.4. The lowest BCUT2D eigenvalue weighted by Crippen LogP contribution is -2.27. The van der Waals surface area contributed by atoms with Crippen LogP contribution in [0, 0.1) is 0 Å². The van der Waals surface area contributed by atoms with Crippen LogP contribution in [0.4, 0.5) is 17.3 Å². The Labute approximate surface area is 166 Å². The SMILES string of the molecule is COc1ccc(/C=C/c2cc(-c3ccc(OC)cc3)o[n+]2C)cc1.F[B-](F)(F)F. The minimum Gasteiger partial charge on any atom is -0.497 e. The van der Waals surface area contributed by atoms with Gasteiger partial charge in [0, 0.05) is 11.6 Å². The molecule has 0 aliphatic carbocycles. The number of halogens is 4. The summed E-state index contributed by atoms with van der Waals surface area (Å²) in [5, 5.41) is 0. The maximum Gasteiger partial charge on any atom is 0.673 e. The fourth-order valence-electron chi connectivity index (χ4n) is 2.39. The minimum absolute atomic E-state index is 0.814. The number of hydrogen-bond acceptors (Lipinski definition) is 3. The molecule has 0 saturated carbocycles. The predicted molar refractivity (Wildman–Crippen MR) is 104 cm³/mol. The van der Waals surface area contributed by atoms with E-state index in [2.05, 4.69) is 0 Å². The van der Waals surface area contributed by atoms with Gasteiger partial charge < -0.3 is 26.7 Å². The van der Waals surface area contributed by atoms with E-state index in [1.54, 1.807) is 19.0 Å². The van der Waals surface area contributed by atoms with Crippen LogP contribution in [0.15, 0.2) is 59.1 Å². The van der Waals surface area contributed by atoms with Gasteiger partial charge in [0.1, 0.15) is 11.5 Å².